The van der Waals surface area contributed by atoms with Crippen molar-refractivity contribution in [1.29, 1.82) is 0 Å². The molecule has 10 N–H and O–H groups in total. The van der Waals surface area contributed by atoms with Gasteiger partial charge in [0.1, 0.15) is 30.6 Å². The summed E-state index contributed by atoms with van der Waals surface area (Å²) in [6, 6.07) is 18.8. The van der Waals surface area contributed by atoms with Gasteiger partial charge < -0.3 is 100 Å². The number of nitrogens with zero attached hydrogens (tertiary/aromatic N) is 4. The van der Waals surface area contributed by atoms with E-state index in [2.05, 4.69) is 68.3 Å². The molecule has 8 amide bonds. The van der Waals surface area contributed by atoms with Crippen LogP contribution >= 0.6 is 0 Å². The van der Waals surface area contributed by atoms with Crippen LogP contribution in [0.5, 0.6) is 0 Å². The Labute approximate surface area is 737 Å². The van der Waals surface area contributed by atoms with Gasteiger partial charge in [0.2, 0.25) is 29.5 Å². The number of hydrogen-bond donors (Lipinski definition) is 9. The van der Waals surface area contributed by atoms with Crippen LogP contribution in [0.25, 0.3) is 22.5 Å². The Morgan fingerprint density at radius 2 is 1.37 bits per heavy atom. The molecule has 3 saturated carbocycles. The summed E-state index contributed by atoms with van der Waals surface area (Å²) in [5, 5.41) is 41.0. The third-order valence-corrected chi connectivity index (χ3v) is 25.4. The molecule has 4 aliphatic carbocycles. The largest absolute Gasteiger partial charge is 0.445 e. The van der Waals surface area contributed by atoms with Gasteiger partial charge in [0.25, 0.3) is 0 Å². The molecule has 126 heavy (non-hydrogen) atoms. The number of unbranched alkanes of at least 4 members (excludes halogenated alkanes) is 3. The zero-order valence-electron chi connectivity index (χ0n) is 74.3. The molecule has 1 aromatic heterocycles. The lowest BCUT2D eigenvalue weighted by Gasteiger charge is -2.63. The maximum absolute atomic E-state index is 18.0. The second kappa shape index (κ2) is 47.8. The molecular weight excluding hydrogens is 1630 g/mol. The van der Waals surface area contributed by atoms with Crippen LogP contribution < -0.4 is 47.9 Å². The van der Waals surface area contributed by atoms with Crippen LogP contribution in [0.3, 0.4) is 0 Å². The van der Waals surface area contributed by atoms with Gasteiger partial charge in [-0.3, -0.25) is 33.6 Å². The molecule has 32 nitrogen and oxygen atoms in total. The van der Waals surface area contributed by atoms with Gasteiger partial charge in [-0.2, -0.15) is 0 Å². The van der Waals surface area contributed by atoms with Crippen molar-refractivity contribution in [3.8, 4) is 22.5 Å². The predicted molar refractivity (Wildman–Crippen MR) is 465 cm³/mol. The maximum Gasteiger partial charge on any atom is 0.407 e. The molecule has 3 heterocycles. The van der Waals surface area contributed by atoms with Crippen molar-refractivity contribution in [2.75, 3.05) is 129 Å². The number of rotatable bonds is 54. The third-order valence-electron chi connectivity index (χ3n) is 25.4. The first-order chi connectivity index (χ1) is 60.6. The Morgan fingerprint density at radius 1 is 0.706 bits per heavy atom. The lowest BCUT2D eigenvalue weighted by Crippen LogP contribution is -2.71. The van der Waals surface area contributed by atoms with E-state index in [9.17, 15) is 48.3 Å². The van der Waals surface area contributed by atoms with Gasteiger partial charge in [-0.05, 0) is 124 Å². The highest BCUT2D eigenvalue weighted by molar-refractivity contribution is 6.03. The van der Waals surface area contributed by atoms with Crippen molar-refractivity contribution < 1.29 is 104 Å². The minimum absolute atomic E-state index is 0.0213. The number of urea groups is 1. The smallest absolute Gasteiger partial charge is 0.407 e. The Balaban J connectivity index is 0.569. The molecule has 0 spiro atoms. The number of nitrogens with two attached hydrogens (primary N) is 1. The molecule has 10 rings (SSSR count). The highest BCUT2D eigenvalue weighted by atomic mass is 19.1. The number of Topliss-reactive ketones (excluding diaryl/α,β-unsaturated/α-hetero) is 1. The minimum atomic E-state index is -2.39. The molecule has 2 unspecified atom stereocenters. The lowest BCUT2D eigenvalue weighted by atomic mass is 9.44. The summed E-state index contributed by atoms with van der Waals surface area (Å²) in [5.74, 6) is -5.48. The molecule has 4 fully saturated rings. The average Bonchev–Trinajstić information content (AvgIpc) is 1.46. The average molecular weight is 1760 g/mol. The molecule has 34 heteroatoms. The second-order valence-corrected chi connectivity index (χ2v) is 34.3. The van der Waals surface area contributed by atoms with Crippen LogP contribution in [0.15, 0.2) is 96.6 Å². The van der Waals surface area contributed by atoms with Gasteiger partial charge in [0.05, 0.1) is 136 Å². The van der Waals surface area contributed by atoms with E-state index in [0.717, 1.165) is 41.4 Å². The molecule has 0 radical (unpaired) electrons. The summed E-state index contributed by atoms with van der Waals surface area (Å²) in [6.45, 7) is 21.0. The fourth-order valence-corrected chi connectivity index (χ4v) is 18.4. The number of para-hydroxylation sites is 1. The number of aliphatic hydroxyl groups excluding tert-OH is 1. The number of ketones is 2. The number of anilines is 2. The van der Waals surface area contributed by atoms with Crippen LogP contribution in [-0.2, 0) is 101 Å². The molecule has 3 aromatic carbocycles. The minimum Gasteiger partial charge on any atom is -0.445 e. The quantitative estimate of drug-likeness (QED) is 0.0186. The summed E-state index contributed by atoms with van der Waals surface area (Å²) in [4.78, 5) is 122. The van der Waals surface area contributed by atoms with Crippen molar-refractivity contribution in [1.82, 2.24) is 46.9 Å². The maximum atomic E-state index is 18.0. The Bertz CT molecular complexity index is 4350. The number of aliphatic hydroxyl groups is 1. The molecule has 1 saturated heterocycles. The molecule has 4 aromatic rings. The Kier molecular flexibility index (Phi) is 37.6. The number of carbonyl (C=O) groups is 9. The Hall–Kier alpha value is -9.07. The van der Waals surface area contributed by atoms with E-state index in [0.29, 0.717) is 81.7 Å². The second-order valence-electron chi connectivity index (χ2n) is 34.3. The first kappa shape index (κ1) is 99.1. The number of halogens is 2. The van der Waals surface area contributed by atoms with E-state index in [1.54, 1.807) is 49.9 Å². The monoisotopic (exact) mass is 1760 g/mol. The van der Waals surface area contributed by atoms with E-state index >= 15 is 8.78 Å². The standard InChI is InChI=1S/C92H132F2N12O20/c1-9-12-13-18-34-88(6,11-3)99-38-42-119-46-50-122-51-47-120-43-39-106-83-66-22-15-14-21-63(66)59-105(73-25-17-16-23-67(73)82(83)103-104-106)79(112)31-30-77(110)96-37-41-118-45-49-123-53-52-121-48-44-117-40-33-78(111)102-81(61(4)5)85(114)101-72(24-19-36-97-86(95)115)84(113)100-64-28-26-62(27-29-64)60-124-87(116)98-58-75(109)92-76(125-80(126-92)20-10-2)56-68-69-55-71(93)70-54-65(107)32-35-89(70,7)91(69,94)74(108)57-90(68,92)8/h14-17,21-23,25-29,32,35,54,61,68-69,71-72,74,76,80-81,99,108H,9-13,18-20,24,30-31,33-34,36-53,55-60H2,1-8H3,(H,96,110)(H,98,116)(H,100,113)(H,101,114)(H,102,111)(H3,95,97,115)/t68-,69-,71-,72-,74-,76+,80?,81-,88?,89-,90-,91-,92+/m0/s1. The fourth-order valence-electron chi connectivity index (χ4n) is 18.4. The van der Waals surface area contributed by atoms with Gasteiger partial charge in [0, 0.05) is 78.0 Å². The number of alkyl halides is 2. The Morgan fingerprint density at radius 3 is 2.04 bits per heavy atom. The molecule has 2 aliphatic heterocycles. The van der Waals surface area contributed by atoms with Crippen LogP contribution in [0, 0.1) is 28.6 Å². The lowest BCUT2D eigenvalue weighted by molar-refractivity contribution is -0.233. The normalized spacial score (nSPS) is 23.5. The predicted octanol–water partition coefficient (Wildman–Crippen LogP) is 9.31. The van der Waals surface area contributed by atoms with Gasteiger partial charge in [-0.1, -0.05) is 140 Å². The number of primary amides is 1. The van der Waals surface area contributed by atoms with Gasteiger partial charge in [0.15, 0.2) is 29.1 Å². The molecule has 0 bridgehead atoms. The first-order valence-corrected chi connectivity index (χ1v) is 44.9. The van der Waals surface area contributed by atoms with E-state index in [-0.39, 0.29) is 153 Å². The number of ether oxygens (including phenoxy) is 10. The van der Waals surface area contributed by atoms with Crippen LogP contribution in [0.4, 0.5) is 29.7 Å². The molecule has 694 valence electrons. The van der Waals surface area contributed by atoms with Gasteiger partial charge in [-0.25, -0.2) is 23.1 Å². The SMILES string of the molecule is CCCCCCC(C)(CC)NCCOCCOCCOCCn1nnc2c1-c1ccccc1CN(C(=O)CCC(=O)NCCOCCOCCOCCOCCC(=O)N[C@H](C(=O)N[C@@H](CCCNC(N)=O)C(=O)Nc1ccc(COC(=O)NCC(=O)[C@@]34OC(CCC)O[C@@H]3C[C@H]3[C@@H]5C[C@H](F)C6=CC(=O)C=C[C@]6(C)[C@@]5(F)[C@@H](O)C[C@@]34C)cc1)C(C)C)c1ccccc1-2. The summed E-state index contributed by atoms with van der Waals surface area (Å²) in [6.07, 6.45) is 5.69. The van der Waals surface area contributed by atoms with Gasteiger partial charge in [-0.15, -0.1) is 5.10 Å². The van der Waals surface area contributed by atoms with Crippen molar-refractivity contribution >= 4 is 64.6 Å². The molecular formula is C92H132F2N12O20. The number of alkyl carbamates (subject to hydrolysis) is 1. The number of hydrogen-bond acceptors (Lipinski definition) is 23. The number of amides is 8. The number of allylic oxidation sites excluding steroid dienone is 4. The topological polar surface area (TPSA) is 410 Å². The van der Waals surface area contributed by atoms with E-state index in [1.807, 2.05) is 60.1 Å². The highest BCUT2D eigenvalue weighted by Crippen LogP contribution is 2.72. The van der Waals surface area contributed by atoms with Crippen LogP contribution in [0.1, 0.15) is 169 Å². The van der Waals surface area contributed by atoms with Crippen molar-refractivity contribution in [2.45, 2.75) is 231 Å². The number of fused-ring (bicyclic) bond motifs is 12. The van der Waals surface area contributed by atoms with E-state index in [4.69, 9.17) is 53.1 Å². The summed E-state index contributed by atoms with van der Waals surface area (Å²) in [7, 11) is 0. The highest BCUT2D eigenvalue weighted by Gasteiger charge is 2.80. The van der Waals surface area contributed by atoms with Crippen molar-refractivity contribution in [3.63, 3.8) is 0 Å². The number of nitrogens with one attached hydrogen (secondary N) is 7. The number of benzene rings is 3. The third kappa shape index (κ3) is 25.3. The fraction of sp³-hybridized carbons (Fsp3) is 0.641. The van der Waals surface area contributed by atoms with E-state index < -0.39 is 125 Å². The van der Waals surface area contributed by atoms with Crippen LogP contribution in [-0.4, -0.2) is 246 Å². The van der Waals surface area contributed by atoms with Crippen LogP contribution in [0.2, 0.25) is 0 Å². The summed E-state index contributed by atoms with van der Waals surface area (Å²) < 4.78 is 94.7. The first-order valence-electron chi connectivity index (χ1n) is 44.9. The van der Waals surface area contributed by atoms with Gasteiger partial charge >= 0.3 is 12.1 Å². The van der Waals surface area contributed by atoms with E-state index in [1.165, 1.54) is 51.2 Å². The number of aromatic nitrogens is 3. The number of carbonyl (C=O) groups excluding carboxylic acids is 9. The van der Waals surface area contributed by atoms with Crippen molar-refractivity contribution in [2.24, 2.45) is 34.3 Å². The zero-order valence-corrected chi connectivity index (χ0v) is 74.3. The zero-order chi connectivity index (χ0) is 90.4. The molecule has 6 aliphatic rings. The van der Waals surface area contributed by atoms with Crippen molar-refractivity contribution in [3.05, 3.63) is 108 Å². The summed E-state index contributed by atoms with van der Waals surface area (Å²) >= 11 is 0. The molecule has 13 atom stereocenters. The summed E-state index contributed by atoms with van der Waals surface area (Å²) in [5.41, 5.74) is 3.82.